The van der Waals surface area contributed by atoms with Gasteiger partial charge in [0.2, 0.25) is 15.9 Å². The van der Waals surface area contributed by atoms with Gasteiger partial charge in [-0.2, -0.15) is 13.2 Å². The SMILES string of the molecule is O=C(CNS(=O)(=O)c1cccc(C(F)(F)F)c1)N1CCN(Cc2ccncc2)CC1. The molecule has 162 valence electrons. The molecule has 2 heterocycles. The molecule has 0 spiro atoms. The second kappa shape index (κ2) is 9.11. The van der Waals surface area contributed by atoms with Crippen LogP contribution in [0.25, 0.3) is 0 Å². The van der Waals surface area contributed by atoms with Crippen molar-refractivity contribution in [1.82, 2.24) is 19.5 Å². The number of rotatable bonds is 6. The van der Waals surface area contributed by atoms with Crippen LogP contribution in [0, 0.1) is 0 Å². The first kappa shape index (κ1) is 22.2. The molecule has 0 unspecified atom stereocenters. The van der Waals surface area contributed by atoms with Crippen molar-refractivity contribution in [3.05, 3.63) is 59.9 Å². The molecule has 0 radical (unpaired) electrons. The van der Waals surface area contributed by atoms with Gasteiger partial charge in [0.25, 0.3) is 0 Å². The molecule has 1 N–H and O–H groups in total. The summed E-state index contributed by atoms with van der Waals surface area (Å²) in [5.74, 6) is -0.422. The van der Waals surface area contributed by atoms with Gasteiger partial charge in [0.15, 0.2) is 0 Å². The Kier molecular flexibility index (Phi) is 6.74. The molecular formula is C19H21F3N4O3S. The first-order valence-electron chi connectivity index (χ1n) is 9.21. The van der Waals surface area contributed by atoms with Gasteiger partial charge in [0, 0.05) is 45.1 Å². The van der Waals surface area contributed by atoms with E-state index in [0.29, 0.717) is 32.2 Å². The fourth-order valence-electron chi connectivity index (χ4n) is 3.09. The number of nitrogens with zero attached hydrogens (tertiary/aromatic N) is 3. The van der Waals surface area contributed by atoms with E-state index in [1.54, 1.807) is 12.4 Å². The van der Waals surface area contributed by atoms with Gasteiger partial charge in [-0.05, 0) is 35.9 Å². The molecule has 1 aromatic carbocycles. The summed E-state index contributed by atoms with van der Waals surface area (Å²) in [6.07, 6.45) is -1.23. The standard InChI is InChI=1S/C19H21F3N4O3S/c20-19(21,22)16-2-1-3-17(12-16)30(28,29)24-13-18(27)26-10-8-25(9-11-26)14-15-4-6-23-7-5-15/h1-7,12,24H,8-11,13-14H2. The topological polar surface area (TPSA) is 82.6 Å². The average molecular weight is 442 g/mol. The molecule has 1 amide bonds. The molecule has 0 atom stereocenters. The third kappa shape index (κ3) is 5.77. The monoisotopic (exact) mass is 442 g/mol. The molecule has 0 bridgehead atoms. The highest BCUT2D eigenvalue weighted by Gasteiger charge is 2.32. The van der Waals surface area contributed by atoms with Gasteiger partial charge < -0.3 is 4.90 Å². The van der Waals surface area contributed by atoms with Crippen molar-refractivity contribution >= 4 is 15.9 Å². The van der Waals surface area contributed by atoms with Crippen LogP contribution in [0.1, 0.15) is 11.1 Å². The smallest absolute Gasteiger partial charge is 0.339 e. The number of sulfonamides is 1. The minimum atomic E-state index is -4.66. The molecule has 0 aliphatic carbocycles. The lowest BCUT2D eigenvalue weighted by Gasteiger charge is -2.34. The number of carbonyl (C=O) groups is 1. The highest BCUT2D eigenvalue weighted by molar-refractivity contribution is 7.89. The van der Waals surface area contributed by atoms with Gasteiger partial charge in [0.05, 0.1) is 17.0 Å². The summed E-state index contributed by atoms with van der Waals surface area (Å²) >= 11 is 0. The number of pyridine rings is 1. The highest BCUT2D eigenvalue weighted by Crippen LogP contribution is 2.30. The van der Waals surface area contributed by atoms with Crippen LogP contribution in [0.2, 0.25) is 0 Å². The Morgan fingerprint density at radius 2 is 1.73 bits per heavy atom. The molecule has 1 fully saturated rings. The van der Waals surface area contributed by atoms with Crippen molar-refractivity contribution in [3.8, 4) is 0 Å². The zero-order valence-electron chi connectivity index (χ0n) is 16.0. The summed E-state index contributed by atoms with van der Waals surface area (Å²) in [6.45, 7) is 2.36. The number of hydrogen-bond acceptors (Lipinski definition) is 5. The van der Waals surface area contributed by atoms with Gasteiger partial charge >= 0.3 is 6.18 Å². The lowest BCUT2D eigenvalue weighted by atomic mass is 10.2. The Morgan fingerprint density at radius 1 is 1.07 bits per heavy atom. The summed E-state index contributed by atoms with van der Waals surface area (Å²) in [5, 5.41) is 0. The molecule has 0 saturated carbocycles. The number of halogens is 3. The van der Waals surface area contributed by atoms with Crippen LogP contribution >= 0.6 is 0 Å². The van der Waals surface area contributed by atoms with Crippen LogP contribution in [0.4, 0.5) is 13.2 Å². The zero-order valence-corrected chi connectivity index (χ0v) is 16.8. The Balaban J connectivity index is 1.52. The van der Waals surface area contributed by atoms with Gasteiger partial charge in [-0.15, -0.1) is 0 Å². The van der Waals surface area contributed by atoms with Crippen LogP contribution in [0.3, 0.4) is 0 Å². The summed E-state index contributed by atoms with van der Waals surface area (Å²) in [4.78, 5) is 19.5. The van der Waals surface area contributed by atoms with Crippen LogP contribution < -0.4 is 4.72 Å². The van der Waals surface area contributed by atoms with Gasteiger partial charge in [0.1, 0.15) is 0 Å². The van der Waals surface area contributed by atoms with Gasteiger partial charge in [-0.25, -0.2) is 13.1 Å². The number of amides is 1. The lowest BCUT2D eigenvalue weighted by molar-refractivity contribution is -0.137. The number of alkyl halides is 3. The van der Waals surface area contributed by atoms with Crippen LogP contribution in [0.5, 0.6) is 0 Å². The van der Waals surface area contributed by atoms with Crippen molar-refractivity contribution in [2.24, 2.45) is 0 Å². The van der Waals surface area contributed by atoms with Gasteiger partial charge in [-0.3, -0.25) is 14.7 Å². The second-order valence-corrected chi connectivity index (χ2v) is 8.63. The quantitative estimate of drug-likeness (QED) is 0.737. The summed E-state index contributed by atoms with van der Waals surface area (Å²) < 4.78 is 65.1. The first-order valence-corrected chi connectivity index (χ1v) is 10.7. The van der Waals surface area contributed by atoms with E-state index < -0.39 is 39.1 Å². The number of nitrogens with one attached hydrogen (secondary N) is 1. The maximum atomic E-state index is 12.8. The molecule has 1 aromatic heterocycles. The third-order valence-corrected chi connectivity index (χ3v) is 6.16. The predicted octanol–water partition coefficient (Wildman–Crippen LogP) is 1.72. The molecule has 1 aliphatic heterocycles. The van der Waals surface area contributed by atoms with E-state index in [0.717, 1.165) is 30.3 Å². The van der Waals surface area contributed by atoms with E-state index in [2.05, 4.69) is 14.6 Å². The molecule has 11 heteroatoms. The highest BCUT2D eigenvalue weighted by atomic mass is 32.2. The van der Waals surface area contributed by atoms with E-state index in [-0.39, 0.29) is 0 Å². The molecule has 1 aliphatic rings. The van der Waals surface area contributed by atoms with E-state index >= 15 is 0 Å². The van der Waals surface area contributed by atoms with E-state index in [1.165, 1.54) is 4.90 Å². The molecule has 1 saturated heterocycles. The third-order valence-electron chi connectivity index (χ3n) is 4.77. The summed E-state index contributed by atoms with van der Waals surface area (Å²) in [6, 6.07) is 7.24. The number of carbonyl (C=O) groups excluding carboxylic acids is 1. The minimum absolute atomic E-state index is 0.422. The fourth-order valence-corrected chi connectivity index (χ4v) is 4.11. The molecule has 30 heavy (non-hydrogen) atoms. The Bertz CT molecular complexity index is 976. The average Bonchev–Trinajstić information content (AvgIpc) is 2.73. The number of piperazine rings is 1. The molecule has 2 aromatic rings. The summed E-state index contributed by atoms with van der Waals surface area (Å²) in [5.41, 5.74) is 0.0423. The van der Waals surface area contributed by atoms with E-state index in [4.69, 9.17) is 0 Å². The maximum Gasteiger partial charge on any atom is 0.416 e. The van der Waals surface area contributed by atoms with Crippen molar-refractivity contribution < 1.29 is 26.4 Å². The Morgan fingerprint density at radius 3 is 2.37 bits per heavy atom. The molecule has 7 nitrogen and oxygen atoms in total. The minimum Gasteiger partial charge on any atom is -0.339 e. The van der Waals surface area contributed by atoms with Gasteiger partial charge in [-0.1, -0.05) is 6.07 Å². The second-order valence-electron chi connectivity index (χ2n) is 6.86. The van der Waals surface area contributed by atoms with Crippen molar-refractivity contribution in [1.29, 1.82) is 0 Å². The Labute approximate surface area is 172 Å². The van der Waals surface area contributed by atoms with E-state index in [9.17, 15) is 26.4 Å². The molecule has 3 rings (SSSR count). The number of hydrogen-bond donors (Lipinski definition) is 1. The maximum absolute atomic E-state index is 12.8. The van der Waals surface area contributed by atoms with Crippen molar-refractivity contribution in [2.45, 2.75) is 17.6 Å². The lowest BCUT2D eigenvalue weighted by Crippen LogP contribution is -2.50. The van der Waals surface area contributed by atoms with E-state index in [1.807, 2.05) is 12.1 Å². The largest absolute Gasteiger partial charge is 0.416 e. The van der Waals surface area contributed by atoms with Crippen LogP contribution in [-0.2, 0) is 27.5 Å². The predicted molar refractivity (Wildman–Crippen MR) is 103 cm³/mol. The first-order chi connectivity index (χ1) is 14.1. The number of benzene rings is 1. The zero-order chi connectivity index (χ0) is 21.8. The summed E-state index contributed by atoms with van der Waals surface area (Å²) in [7, 11) is -4.24. The van der Waals surface area contributed by atoms with Crippen LogP contribution in [0.15, 0.2) is 53.7 Å². The van der Waals surface area contributed by atoms with Crippen molar-refractivity contribution in [3.63, 3.8) is 0 Å². The number of aromatic nitrogens is 1. The normalized spacial score (nSPS) is 15.9. The Hall–Kier alpha value is -2.50. The van der Waals surface area contributed by atoms with Crippen LogP contribution in [-0.4, -0.2) is 61.8 Å². The fraction of sp³-hybridized carbons (Fsp3) is 0.368. The van der Waals surface area contributed by atoms with Crippen molar-refractivity contribution in [2.75, 3.05) is 32.7 Å². The molecular weight excluding hydrogens is 421 g/mol.